The van der Waals surface area contributed by atoms with Crippen molar-refractivity contribution in [1.82, 2.24) is 4.90 Å². The lowest BCUT2D eigenvalue weighted by Gasteiger charge is -2.34. The normalized spacial score (nSPS) is 22.6. The SMILES string of the molecule is CC(C)(O)CCN1CCCC(CCC(=O)O)C1. The number of aliphatic hydroxyl groups is 1. The Bertz CT molecular complexity index is 248. The fourth-order valence-corrected chi connectivity index (χ4v) is 2.35. The Hall–Kier alpha value is -0.610. The van der Waals surface area contributed by atoms with E-state index >= 15 is 0 Å². The third-order valence-electron chi connectivity index (χ3n) is 3.41. The maximum atomic E-state index is 10.5. The highest BCUT2D eigenvalue weighted by atomic mass is 16.4. The highest BCUT2D eigenvalue weighted by molar-refractivity contribution is 5.66. The standard InChI is InChI=1S/C13H25NO3/c1-13(2,17)7-9-14-8-3-4-11(10-14)5-6-12(15)16/h11,17H,3-10H2,1-2H3,(H,15,16). The monoisotopic (exact) mass is 243 g/mol. The molecule has 0 amide bonds. The van der Waals surface area contributed by atoms with Crippen molar-refractivity contribution in [3.63, 3.8) is 0 Å². The van der Waals surface area contributed by atoms with Crippen LogP contribution in [0.25, 0.3) is 0 Å². The topological polar surface area (TPSA) is 60.8 Å². The van der Waals surface area contributed by atoms with Crippen molar-refractivity contribution in [2.45, 2.75) is 51.6 Å². The van der Waals surface area contributed by atoms with E-state index in [1.807, 2.05) is 13.8 Å². The molecule has 0 radical (unpaired) electrons. The molecular weight excluding hydrogens is 218 g/mol. The van der Waals surface area contributed by atoms with Crippen LogP contribution in [-0.2, 0) is 4.79 Å². The summed E-state index contributed by atoms with van der Waals surface area (Å²) in [4.78, 5) is 12.9. The van der Waals surface area contributed by atoms with Crippen LogP contribution in [0.2, 0.25) is 0 Å². The van der Waals surface area contributed by atoms with Crippen LogP contribution in [0.3, 0.4) is 0 Å². The molecule has 17 heavy (non-hydrogen) atoms. The number of rotatable bonds is 6. The predicted molar refractivity (Wildman–Crippen MR) is 66.9 cm³/mol. The number of aliphatic carboxylic acids is 1. The average molecular weight is 243 g/mol. The fourth-order valence-electron chi connectivity index (χ4n) is 2.35. The largest absolute Gasteiger partial charge is 0.481 e. The Balaban J connectivity index is 2.26. The first-order valence-electron chi connectivity index (χ1n) is 6.53. The van der Waals surface area contributed by atoms with Gasteiger partial charge >= 0.3 is 5.97 Å². The van der Waals surface area contributed by atoms with Gasteiger partial charge in [0.2, 0.25) is 0 Å². The van der Waals surface area contributed by atoms with Gasteiger partial charge in [-0.2, -0.15) is 0 Å². The van der Waals surface area contributed by atoms with Crippen molar-refractivity contribution >= 4 is 5.97 Å². The summed E-state index contributed by atoms with van der Waals surface area (Å²) < 4.78 is 0. The molecule has 4 nitrogen and oxygen atoms in total. The molecule has 0 aromatic carbocycles. The Morgan fingerprint density at radius 2 is 2.18 bits per heavy atom. The van der Waals surface area contributed by atoms with Crippen LogP contribution in [0.15, 0.2) is 0 Å². The van der Waals surface area contributed by atoms with E-state index in [1.54, 1.807) is 0 Å². The maximum absolute atomic E-state index is 10.5. The van der Waals surface area contributed by atoms with Gasteiger partial charge in [-0.25, -0.2) is 0 Å². The van der Waals surface area contributed by atoms with Crippen LogP contribution in [0, 0.1) is 5.92 Å². The van der Waals surface area contributed by atoms with Crippen LogP contribution in [0.1, 0.15) is 46.0 Å². The van der Waals surface area contributed by atoms with E-state index in [1.165, 1.54) is 0 Å². The van der Waals surface area contributed by atoms with Crippen molar-refractivity contribution in [3.05, 3.63) is 0 Å². The molecule has 1 fully saturated rings. The summed E-state index contributed by atoms with van der Waals surface area (Å²) in [5.74, 6) is -0.180. The Kier molecular flexibility index (Phi) is 5.40. The van der Waals surface area contributed by atoms with E-state index < -0.39 is 11.6 Å². The Morgan fingerprint density at radius 1 is 1.47 bits per heavy atom. The highest BCUT2D eigenvalue weighted by Crippen LogP contribution is 2.22. The summed E-state index contributed by atoms with van der Waals surface area (Å²) >= 11 is 0. The van der Waals surface area contributed by atoms with Gasteiger partial charge in [0.25, 0.3) is 0 Å². The van der Waals surface area contributed by atoms with Crippen molar-refractivity contribution in [1.29, 1.82) is 0 Å². The summed E-state index contributed by atoms with van der Waals surface area (Å²) in [6.45, 7) is 6.65. The molecule has 0 saturated carbocycles. The van der Waals surface area contributed by atoms with Gasteiger partial charge < -0.3 is 15.1 Å². The molecule has 4 heteroatoms. The number of nitrogens with zero attached hydrogens (tertiary/aromatic N) is 1. The minimum Gasteiger partial charge on any atom is -0.481 e. The molecule has 1 unspecified atom stereocenters. The van der Waals surface area contributed by atoms with Crippen molar-refractivity contribution < 1.29 is 15.0 Å². The average Bonchev–Trinajstić information content (AvgIpc) is 2.23. The summed E-state index contributed by atoms with van der Waals surface area (Å²) in [7, 11) is 0. The van der Waals surface area contributed by atoms with Crippen LogP contribution in [0.5, 0.6) is 0 Å². The van der Waals surface area contributed by atoms with Gasteiger partial charge in [-0.05, 0) is 52.0 Å². The number of carboxylic acid groups (broad SMARTS) is 1. The van der Waals surface area contributed by atoms with Gasteiger partial charge in [-0.15, -0.1) is 0 Å². The first-order chi connectivity index (χ1) is 7.87. The lowest BCUT2D eigenvalue weighted by atomic mass is 9.93. The second kappa shape index (κ2) is 6.36. The van der Waals surface area contributed by atoms with Gasteiger partial charge in [0.05, 0.1) is 5.60 Å². The van der Waals surface area contributed by atoms with Crippen molar-refractivity contribution in [2.75, 3.05) is 19.6 Å². The van der Waals surface area contributed by atoms with E-state index in [4.69, 9.17) is 5.11 Å². The molecule has 0 aromatic rings. The van der Waals surface area contributed by atoms with E-state index in [0.29, 0.717) is 5.92 Å². The molecular formula is C13H25NO3. The second-order valence-electron chi connectivity index (χ2n) is 5.80. The molecule has 0 aliphatic carbocycles. The molecule has 100 valence electrons. The number of likely N-dealkylation sites (tertiary alicyclic amines) is 1. The molecule has 0 bridgehead atoms. The smallest absolute Gasteiger partial charge is 0.303 e. The first-order valence-corrected chi connectivity index (χ1v) is 6.53. The van der Waals surface area contributed by atoms with Crippen LogP contribution in [0.4, 0.5) is 0 Å². The van der Waals surface area contributed by atoms with E-state index in [-0.39, 0.29) is 6.42 Å². The lowest BCUT2D eigenvalue weighted by molar-refractivity contribution is -0.137. The third kappa shape index (κ3) is 6.64. The zero-order valence-electron chi connectivity index (χ0n) is 11.0. The highest BCUT2D eigenvalue weighted by Gasteiger charge is 2.22. The first kappa shape index (κ1) is 14.5. The molecule has 0 aromatic heterocycles. The number of carboxylic acids is 1. The summed E-state index contributed by atoms with van der Waals surface area (Å²) in [5, 5.41) is 18.4. The third-order valence-corrected chi connectivity index (χ3v) is 3.41. The molecule has 1 atom stereocenters. The molecule has 2 N–H and O–H groups in total. The molecule has 1 saturated heterocycles. The second-order valence-corrected chi connectivity index (χ2v) is 5.80. The minimum absolute atomic E-state index is 0.282. The summed E-state index contributed by atoms with van der Waals surface area (Å²) in [5.41, 5.74) is -0.603. The summed E-state index contributed by atoms with van der Waals surface area (Å²) in [6.07, 6.45) is 4.14. The van der Waals surface area contributed by atoms with Crippen LogP contribution in [-0.4, -0.2) is 46.3 Å². The van der Waals surface area contributed by atoms with Gasteiger partial charge in [0.15, 0.2) is 0 Å². The van der Waals surface area contributed by atoms with Crippen molar-refractivity contribution in [2.24, 2.45) is 5.92 Å². The van der Waals surface area contributed by atoms with Gasteiger partial charge in [0.1, 0.15) is 0 Å². The lowest BCUT2D eigenvalue weighted by Crippen LogP contribution is -2.38. The van der Waals surface area contributed by atoms with E-state index in [2.05, 4.69) is 4.90 Å². The minimum atomic E-state index is -0.696. The van der Waals surface area contributed by atoms with E-state index in [9.17, 15) is 9.90 Å². The molecule has 0 spiro atoms. The zero-order valence-corrected chi connectivity index (χ0v) is 11.0. The van der Waals surface area contributed by atoms with Gasteiger partial charge in [0, 0.05) is 19.5 Å². The number of carbonyl (C=O) groups is 1. The quantitative estimate of drug-likeness (QED) is 0.746. The van der Waals surface area contributed by atoms with Crippen LogP contribution < -0.4 is 0 Å². The Labute approximate surface area is 104 Å². The number of hydrogen-bond acceptors (Lipinski definition) is 3. The number of hydrogen-bond donors (Lipinski definition) is 2. The predicted octanol–water partition coefficient (Wildman–Crippen LogP) is 1.72. The van der Waals surface area contributed by atoms with Gasteiger partial charge in [-0.1, -0.05) is 0 Å². The molecule has 1 aliphatic rings. The van der Waals surface area contributed by atoms with Crippen LogP contribution >= 0.6 is 0 Å². The maximum Gasteiger partial charge on any atom is 0.303 e. The molecule has 1 aliphatic heterocycles. The molecule has 1 rings (SSSR count). The number of piperidine rings is 1. The van der Waals surface area contributed by atoms with Crippen molar-refractivity contribution in [3.8, 4) is 0 Å². The molecule has 1 heterocycles. The zero-order chi connectivity index (χ0) is 12.9. The summed E-state index contributed by atoms with van der Waals surface area (Å²) in [6, 6.07) is 0. The fraction of sp³-hybridized carbons (Fsp3) is 0.923. The van der Waals surface area contributed by atoms with Gasteiger partial charge in [-0.3, -0.25) is 4.79 Å². The van der Waals surface area contributed by atoms with E-state index in [0.717, 1.165) is 45.3 Å². The Morgan fingerprint density at radius 3 is 2.76 bits per heavy atom.